The van der Waals surface area contributed by atoms with Gasteiger partial charge in [0.05, 0.1) is 7.11 Å². The van der Waals surface area contributed by atoms with Crippen LogP contribution in [0.25, 0.3) is 11.4 Å². The SMILES string of the molecule is COC(=O)CCCNC(=O)CCCc1nc(-c2ccc(C)cc2)no1. The van der Waals surface area contributed by atoms with Crippen LogP contribution in [-0.4, -0.2) is 35.7 Å². The number of methoxy groups -OCH3 is 1. The van der Waals surface area contributed by atoms with Gasteiger partial charge in [-0.1, -0.05) is 35.0 Å². The van der Waals surface area contributed by atoms with Crippen molar-refractivity contribution in [2.75, 3.05) is 13.7 Å². The highest BCUT2D eigenvalue weighted by Crippen LogP contribution is 2.17. The molecule has 1 heterocycles. The lowest BCUT2D eigenvalue weighted by Gasteiger charge is -2.03. The molecule has 0 aliphatic carbocycles. The molecule has 1 aromatic heterocycles. The normalized spacial score (nSPS) is 10.5. The molecule has 0 bridgehead atoms. The first-order chi connectivity index (χ1) is 12.1. The van der Waals surface area contributed by atoms with E-state index in [2.05, 4.69) is 20.2 Å². The fourth-order valence-corrected chi connectivity index (χ4v) is 2.23. The second-order valence-corrected chi connectivity index (χ2v) is 5.76. The number of benzene rings is 1. The molecular formula is C18H23N3O4. The predicted octanol–water partition coefficient (Wildman–Crippen LogP) is 2.44. The Hall–Kier alpha value is -2.70. The monoisotopic (exact) mass is 345 g/mol. The molecule has 0 radical (unpaired) electrons. The summed E-state index contributed by atoms with van der Waals surface area (Å²) < 4.78 is 9.76. The summed E-state index contributed by atoms with van der Waals surface area (Å²) in [6, 6.07) is 7.89. The van der Waals surface area contributed by atoms with Gasteiger partial charge < -0.3 is 14.6 Å². The molecule has 0 fully saturated rings. The van der Waals surface area contributed by atoms with Crippen LogP contribution < -0.4 is 5.32 Å². The van der Waals surface area contributed by atoms with E-state index in [0.29, 0.717) is 50.4 Å². The van der Waals surface area contributed by atoms with E-state index in [9.17, 15) is 9.59 Å². The number of hydrogen-bond acceptors (Lipinski definition) is 6. The summed E-state index contributed by atoms with van der Waals surface area (Å²) in [6.07, 6.45) is 2.43. The van der Waals surface area contributed by atoms with Crippen LogP contribution in [0.4, 0.5) is 0 Å². The van der Waals surface area contributed by atoms with Gasteiger partial charge in [0.15, 0.2) is 0 Å². The molecule has 7 heteroatoms. The summed E-state index contributed by atoms with van der Waals surface area (Å²) >= 11 is 0. The van der Waals surface area contributed by atoms with Gasteiger partial charge in [-0.15, -0.1) is 0 Å². The van der Waals surface area contributed by atoms with Crippen LogP contribution >= 0.6 is 0 Å². The second-order valence-electron chi connectivity index (χ2n) is 5.76. The fraction of sp³-hybridized carbons (Fsp3) is 0.444. The van der Waals surface area contributed by atoms with Crippen LogP contribution in [-0.2, 0) is 20.7 Å². The Balaban J connectivity index is 1.67. The largest absolute Gasteiger partial charge is 0.469 e. The first-order valence-electron chi connectivity index (χ1n) is 8.31. The van der Waals surface area contributed by atoms with Crippen LogP contribution in [0.15, 0.2) is 28.8 Å². The van der Waals surface area contributed by atoms with Crippen molar-refractivity contribution in [3.8, 4) is 11.4 Å². The highest BCUT2D eigenvalue weighted by molar-refractivity contribution is 5.76. The van der Waals surface area contributed by atoms with Crippen LogP contribution in [0.2, 0.25) is 0 Å². The third kappa shape index (κ3) is 6.37. The van der Waals surface area contributed by atoms with Crippen molar-refractivity contribution >= 4 is 11.9 Å². The average molecular weight is 345 g/mol. The van der Waals surface area contributed by atoms with Gasteiger partial charge in [-0.25, -0.2) is 0 Å². The van der Waals surface area contributed by atoms with Gasteiger partial charge in [-0.05, 0) is 19.8 Å². The number of carbonyl (C=O) groups is 2. The number of ether oxygens (including phenoxy) is 1. The zero-order chi connectivity index (χ0) is 18.1. The molecule has 134 valence electrons. The Kier molecular flexibility index (Phi) is 7.13. The quantitative estimate of drug-likeness (QED) is 0.554. The number of nitrogens with one attached hydrogen (secondary N) is 1. The maximum Gasteiger partial charge on any atom is 0.305 e. The molecule has 1 aromatic carbocycles. The molecule has 0 saturated heterocycles. The summed E-state index contributed by atoms with van der Waals surface area (Å²) in [4.78, 5) is 27.0. The van der Waals surface area contributed by atoms with Gasteiger partial charge in [-0.3, -0.25) is 9.59 Å². The van der Waals surface area contributed by atoms with E-state index in [0.717, 1.165) is 5.56 Å². The molecule has 1 amide bonds. The van der Waals surface area contributed by atoms with Gasteiger partial charge in [0.1, 0.15) is 0 Å². The number of aryl methyl sites for hydroxylation is 2. The van der Waals surface area contributed by atoms with Crippen LogP contribution in [0.1, 0.15) is 37.1 Å². The van der Waals surface area contributed by atoms with Crippen molar-refractivity contribution < 1.29 is 18.8 Å². The zero-order valence-corrected chi connectivity index (χ0v) is 14.6. The number of nitrogens with zero attached hydrogens (tertiary/aromatic N) is 2. The maximum atomic E-state index is 11.7. The van der Waals surface area contributed by atoms with E-state index in [1.807, 2.05) is 31.2 Å². The van der Waals surface area contributed by atoms with E-state index in [1.165, 1.54) is 12.7 Å². The molecule has 0 saturated carbocycles. The molecule has 0 spiro atoms. The van der Waals surface area contributed by atoms with Crippen molar-refractivity contribution in [2.45, 2.75) is 39.0 Å². The predicted molar refractivity (Wildman–Crippen MR) is 91.7 cm³/mol. The van der Waals surface area contributed by atoms with E-state index in [1.54, 1.807) is 0 Å². The summed E-state index contributed by atoms with van der Waals surface area (Å²) in [5.74, 6) is 0.759. The number of amides is 1. The van der Waals surface area contributed by atoms with Gasteiger partial charge in [-0.2, -0.15) is 4.98 Å². The molecule has 7 nitrogen and oxygen atoms in total. The summed E-state index contributed by atoms with van der Waals surface area (Å²) in [6.45, 7) is 2.48. The highest BCUT2D eigenvalue weighted by atomic mass is 16.5. The molecule has 2 aromatic rings. The zero-order valence-electron chi connectivity index (χ0n) is 14.6. The Morgan fingerprint density at radius 2 is 1.92 bits per heavy atom. The highest BCUT2D eigenvalue weighted by Gasteiger charge is 2.09. The Labute approximate surface area is 146 Å². The molecule has 0 aliphatic heterocycles. The number of rotatable bonds is 9. The molecule has 0 atom stereocenters. The third-order valence-corrected chi connectivity index (χ3v) is 3.68. The smallest absolute Gasteiger partial charge is 0.305 e. The maximum absolute atomic E-state index is 11.7. The molecule has 0 aliphatic rings. The first-order valence-corrected chi connectivity index (χ1v) is 8.31. The molecular weight excluding hydrogens is 322 g/mol. The van der Waals surface area contributed by atoms with Crippen LogP contribution in [0.5, 0.6) is 0 Å². The van der Waals surface area contributed by atoms with Gasteiger partial charge >= 0.3 is 5.97 Å². The van der Waals surface area contributed by atoms with E-state index >= 15 is 0 Å². The lowest BCUT2D eigenvalue weighted by molar-refractivity contribution is -0.140. The third-order valence-electron chi connectivity index (χ3n) is 3.68. The topological polar surface area (TPSA) is 94.3 Å². The summed E-state index contributed by atoms with van der Waals surface area (Å²) in [5, 5.41) is 6.74. The van der Waals surface area contributed by atoms with Crippen LogP contribution in [0.3, 0.4) is 0 Å². The molecule has 2 rings (SSSR count). The molecule has 1 N–H and O–H groups in total. The molecule has 0 unspecified atom stereocenters. The van der Waals surface area contributed by atoms with E-state index in [-0.39, 0.29) is 11.9 Å². The minimum Gasteiger partial charge on any atom is -0.469 e. The number of aromatic nitrogens is 2. The van der Waals surface area contributed by atoms with Crippen LogP contribution in [0, 0.1) is 6.92 Å². The number of carbonyl (C=O) groups excluding carboxylic acids is 2. The Morgan fingerprint density at radius 1 is 1.16 bits per heavy atom. The molecule has 25 heavy (non-hydrogen) atoms. The Morgan fingerprint density at radius 3 is 2.64 bits per heavy atom. The minimum atomic E-state index is -0.268. The Bertz CT molecular complexity index is 695. The van der Waals surface area contributed by atoms with Gasteiger partial charge in [0.2, 0.25) is 17.6 Å². The standard InChI is InChI=1S/C18H23N3O4/c1-13-8-10-14(11-9-13)18-20-16(25-21-18)6-3-5-15(22)19-12-4-7-17(23)24-2/h8-11H,3-7,12H2,1-2H3,(H,19,22). The minimum absolute atomic E-state index is 0.0526. The fourth-order valence-electron chi connectivity index (χ4n) is 2.23. The van der Waals surface area contributed by atoms with E-state index < -0.39 is 0 Å². The first kappa shape index (κ1) is 18.6. The van der Waals surface area contributed by atoms with Crippen molar-refractivity contribution in [3.05, 3.63) is 35.7 Å². The van der Waals surface area contributed by atoms with Crippen molar-refractivity contribution in [1.29, 1.82) is 0 Å². The number of hydrogen-bond donors (Lipinski definition) is 1. The lowest BCUT2D eigenvalue weighted by Crippen LogP contribution is -2.24. The number of esters is 1. The van der Waals surface area contributed by atoms with Crippen molar-refractivity contribution in [3.63, 3.8) is 0 Å². The van der Waals surface area contributed by atoms with E-state index in [4.69, 9.17) is 4.52 Å². The van der Waals surface area contributed by atoms with Gasteiger partial charge in [0.25, 0.3) is 0 Å². The lowest BCUT2D eigenvalue weighted by atomic mass is 10.1. The summed E-state index contributed by atoms with van der Waals surface area (Å²) in [7, 11) is 1.35. The average Bonchev–Trinajstić information content (AvgIpc) is 3.08. The van der Waals surface area contributed by atoms with Crippen molar-refractivity contribution in [2.24, 2.45) is 0 Å². The summed E-state index contributed by atoms with van der Waals surface area (Å²) in [5.41, 5.74) is 2.08. The second kappa shape index (κ2) is 9.56. The van der Waals surface area contributed by atoms with Crippen molar-refractivity contribution in [1.82, 2.24) is 15.5 Å². The van der Waals surface area contributed by atoms with Gasteiger partial charge in [0, 0.05) is 31.4 Å².